The molecule has 1 heterocycles. The summed E-state index contributed by atoms with van der Waals surface area (Å²) >= 11 is 0. The molecule has 1 saturated carbocycles. The van der Waals surface area contributed by atoms with Crippen LogP contribution in [-0.4, -0.2) is 45.6 Å². The highest BCUT2D eigenvalue weighted by Crippen LogP contribution is 2.39. The molecule has 0 amide bonds. The molecule has 140 valence electrons. The standard InChI is InChI=1S/C19H22F2N2O3/c1-10-4-3-5-16(22-10)23(2)15-9-12(18(25)19(15)26)17(24)11-6-7-13(20)14(21)8-11/h3-8,12,15,17-19,24-26H,9H2,1-2H3/t12?,15?,17-,18+,19-/m0/s1. The second-order valence-corrected chi connectivity index (χ2v) is 6.81. The van der Waals surface area contributed by atoms with Crippen LogP contribution >= 0.6 is 0 Å². The fourth-order valence-electron chi connectivity index (χ4n) is 3.58. The third-order valence-corrected chi connectivity index (χ3v) is 5.12. The maximum Gasteiger partial charge on any atom is 0.159 e. The lowest BCUT2D eigenvalue weighted by atomic mass is 9.92. The lowest BCUT2D eigenvalue weighted by molar-refractivity contribution is -0.0232. The fourth-order valence-corrected chi connectivity index (χ4v) is 3.58. The number of rotatable bonds is 4. The number of anilines is 1. The van der Waals surface area contributed by atoms with Gasteiger partial charge in [0.1, 0.15) is 11.9 Å². The van der Waals surface area contributed by atoms with Crippen molar-refractivity contribution < 1.29 is 24.1 Å². The summed E-state index contributed by atoms with van der Waals surface area (Å²) in [4.78, 5) is 6.17. The number of likely N-dealkylation sites (N-methyl/N-ethyl adjacent to an activating group) is 1. The third kappa shape index (κ3) is 3.42. The second-order valence-electron chi connectivity index (χ2n) is 6.81. The van der Waals surface area contributed by atoms with Gasteiger partial charge in [0.15, 0.2) is 11.6 Å². The summed E-state index contributed by atoms with van der Waals surface area (Å²) in [5, 5.41) is 31.4. The Morgan fingerprint density at radius 3 is 2.50 bits per heavy atom. The molecule has 1 aromatic carbocycles. The molecule has 5 nitrogen and oxygen atoms in total. The van der Waals surface area contributed by atoms with Crippen LogP contribution < -0.4 is 4.90 Å². The van der Waals surface area contributed by atoms with Gasteiger partial charge < -0.3 is 20.2 Å². The van der Waals surface area contributed by atoms with Crippen LogP contribution in [0.3, 0.4) is 0 Å². The Hall–Kier alpha value is -2.09. The zero-order valence-corrected chi connectivity index (χ0v) is 14.5. The predicted molar refractivity (Wildman–Crippen MR) is 92.6 cm³/mol. The lowest BCUT2D eigenvalue weighted by Gasteiger charge is -2.28. The van der Waals surface area contributed by atoms with Crippen LogP contribution in [0.2, 0.25) is 0 Å². The van der Waals surface area contributed by atoms with Gasteiger partial charge in [0.25, 0.3) is 0 Å². The van der Waals surface area contributed by atoms with Crippen LogP contribution in [-0.2, 0) is 0 Å². The number of aliphatic hydroxyl groups excluding tert-OH is 3. The Kier molecular flexibility index (Phi) is 5.22. The van der Waals surface area contributed by atoms with E-state index in [1.807, 2.05) is 19.1 Å². The van der Waals surface area contributed by atoms with Crippen LogP contribution in [0.15, 0.2) is 36.4 Å². The van der Waals surface area contributed by atoms with Crippen LogP contribution in [0.4, 0.5) is 14.6 Å². The number of aliphatic hydroxyl groups is 3. The molecule has 3 rings (SSSR count). The van der Waals surface area contributed by atoms with Crippen molar-refractivity contribution in [2.75, 3.05) is 11.9 Å². The average molecular weight is 364 g/mol. The zero-order chi connectivity index (χ0) is 19.0. The molecule has 26 heavy (non-hydrogen) atoms. The number of aryl methyl sites for hydroxylation is 1. The molecule has 0 spiro atoms. The van der Waals surface area contributed by atoms with Crippen LogP contribution in [0.5, 0.6) is 0 Å². The minimum Gasteiger partial charge on any atom is -0.390 e. The first kappa shape index (κ1) is 18.7. The molecule has 0 aliphatic heterocycles. The Morgan fingerprint density at radius 1 is 1.12 bits per heavy atom. The molecule has 5 atom stereocenters. The van der Waals surface area contributed by atoms with E-state index in [1.54, 1.807) is 18.0 Å². The van der Waals surface area contributed by atoms with E-state index in [4.69, 9.17) is 0 Å². The summed E-state index contributed by atoms with van der Waals surface area (Å²) in [7, 11) is 1.76. The van der Waals surface area contributed by atoms with Crippen molar-refractivity contribution in [1.82, 2.24) is 4.98 Å². The van der Waals surface area contributed by atoms with Crippen LogP contribution in [0.25, 0.3) is 0 Å². The van der Waals surface area contributed by atoms with Gasteiger partial charge in [0.2, 0.25) is 0 Å². The van der Waals surface area contributed by atoms with Crippen molar-refractivity contribution in [2.24, 2.45) is 5.92 Å². The van der Waals surface area contributed by atoms with Gasteiger partial charge in [0.05, 0.1) is 18.2 Å². The molecule has 3 N–H and O–H groups in total. The van der Waals surface area contributed by atoms with Crippen molar-refractivity contribution >= 4 is 5.82 Å². The summed E-state index contributed by atoms with van der Waals surface area (Å²) in [5.74, 6) is -2.14. The highest BCUT2D eigenvalue weighted by Gasteiger charge is 2.46. The molecule has 1 aromatic heterocycles. The smallest absolute Gasteiger partial charge is 0.159 e. The van der Waals surface area contributed by atoms with Gasteiger partial charge in [0, 0.05) is 18.7 Å². The van der Waals surface area contributed by atoms with Crippen molar-refractivity contribution in [1.29, 1.82) is 0 Å². The lowest BCUT2D eigenvalue weighted by Crippen LogP contribution is -2.41. The van der Waals surface area contributed by atoms with Crippen molar-refractivity contribution in [2.45, 2.75) is 37.7 Å². The normalized spacial score (nSPS) is 26.7. The minimum absolute atomic E-state index is 0.164. The SMILES string of the molecule is Cc1cccc(N(C)C2CC([C@@H](O)c3ccc(F)c(F)c3)[C@@H](O)[C@H]2O)n1. The largest absolute Gasteiger partial charge is 0.390 e. The van der Waals surface area contributed by atoms with Crippen molar-refractivity contribution in [3.05, 3.63) is 59.3 Å². The van der Waals surface area contributed by atoms with Crippen molar-refractivity contribution in [3.63, 3.8) is 0 Å². The summed E-state index contributed by atoms with van der Waals surface area (Å²) in [6.07, 6.45) is -3.25. The maximum absolute atomic E-state index is 13.4. The molecule has 7 heteroatoms. The molecule has 1 fully saturated rings. The fraction of sp³-hybridized carbons (Fsp3) is 0.421. The quantitative estimate of drug-likeness (QED) is 0.773. The highest BCUT2D eigenvalue weighted by molar-refractivity contribution is 5.40. The molecule has 0 saturated heterocycles. The van der Waals surface area contributed by atoms with Crippen molar-refractivity contribution in [3.8, 4) is 0 Å². The van der Waals surface area contributed by atoms with Crippen LogP contribution in [0, 0.1) is 24.5 Å². The molecule has 0 radical (unpaired) electrons. The average Bonchev–Trinajstić information content (AvgIpc) is 2.91. The number of pyridine rings is 1. The van der Waals surface area contributed by atoms with E-state index in [-0.39, 0.29) is 12.0 Å². The van der Waals surface area contributed by atoms with E-state index >= 15 is 0 Å². The van der Waals surface area contributed by atoms with Gasteiger partial charge >= 0.3 is 0 Å². The minimum atomic E-state index is -1.22. The number of aromatic nitrogens is 1. The first-order valence-corrected chi connectivity index (χ1v) is 8.45. The first-order chi connectivity index (χ1) is 12.3. The molecule has 1 aliphatic carbocycles. The summed E-state index contributed by atoms with van der Waals surface area (Å²) in [6, 6.07) is 8.16. The summed E-state index contributed by atoms with van der Waals surface area (Å²) in [6.45, 7) is 1.85. The molecular formula is C19H22F2N2O3. The topological polar surface area (TPSA) is 76.8 Å². The van der Waals surface area contributed by atoms with E-state index in [0.29, 0.717) is 5.82 Å². The Bertz CT molecular complexity index is 789. The van der Waals surface area contributed by atoms with E-state index < -0.39 is 41.9 Å². The van der Waals surface area contributed by atoms with Gasteiger partial charge in [-0.2, -0.15) is 0 Å². The van der Waals surface area contributed by atoms with E-state index in [9.17, 15) is 24.1 Å². The van der Waals surface area contributed by atoms with E-state index in [0.717, 1.165) is 17.8 Å². The Morgan fingerprint density at radius 2 is 1.85 bits per heavy atom. The first-order valence-electron chi connectivity index (χ1n) is 8.45. The molecule has 2 aromatic rings. The number of benzene rings is 1. The van der Waals surface area contributed by atoms with Gasteiger partial charge in [-0.25, -0.2) is 13.8 Å². The van der Waals surface area contributed by atoms with E-state index in [2.05, 4.69) is 4.98 Å². The molecule has 0 bridgehead atoms. The summed E-state index contributed by atoms with van der Waals surface area (Å²) < 4.78 is 26.6. The monoisotopic (exact) mass is 364 g/mol. The molecule has 2 unspecified atom stereocenters. The Labute approximate surface area is 150 Å². The van der Waals surface area contributed by atoms with Gasteiger partial charge in [-0.15, -0.1) is 0 Å². The molecule has 1 aliphatic rings. The summed E-state index contributed by atoms with van der Waals surface area (Å²) in [5.41, 5.74) is 0.984. The molecular weight excluding hydrogens is 342 g/mol. The van der Waals surface area contributed by atoms with Gasteiger partial charge in [-0.05, 0) is 43.2 Å². The van der Waals surface area contributed by atoms with Gasteiger partial charge in [-0.3, -0.25) is 0 Å². The van der Waals surface area contributed by atoms with Crippen LogP contribution in [0.1, 0.15) is 23.8 Å². The zero-order valence-electron chi connectivity index (χ0n) is 14.5. The highest BCUT2D eigenvalue weighted by atomic mass is 19.2. The maximum atomic E-state index is 13.4. The van der Waals surface area contributed by atoms with E-state index in [1.165, 1.54) is 6.07 Å². The van der Waals surface area contributed by atoms with Gasteiger partial charge in [-0.1, -0.05) is 12.1 Å². The predicted octanol–water partition coefficient (Wildman–Crippen LogP) is 1.95. The third-order valence-electron chi connectivity index (χ3n) is 5.12. The number of hydrogen-bond donors (Lipinski definition) is 3. The number of halogens is 2. The number of nitrogens with zero attached hydrogens (tertiary/aromatic N) is 2. The Balaban J connectivity index is 1.81. The second kappa shape index (κ2) is 7.26. The number of hydrogen-bond acceptors (Lipinski definition) is 5.